The smallest absolute Gasteiger partial charge is 0.278 e. The fraction of sp³-hybridized carbons (Fsp3) is 0.294. The fourth-order valence-corrected chi connectivity index (χ4v) is 3.12. The summed E-state index contributed by atoms with van der Waals surface area (Å²) < 4.78 is 6.91. The molecule has 12 heteroatoms. The van der Waals surface area contributed by atoms with Crippen molar-refractivity contribution in [3.63, 3.8) is 0 Å². The van der Waals surface area contributed by atoms with Crippen LogP contribution >= 0.6 is 0 Å². The van der Waals surface area contributed by atoms with Crippen molar-refractivity contribution in [1.29, 1.82) is 0 Å². The number of aliphatic hydroxyl groups is 3. The lowest BCUT2D eigenvalue weighted by Gasteiger charge is -2.16. The third-order valence-corrected chi connectivity index (χ3v) is 4.59. The molecule has 1 aliphatic rings. The van der Waals surface area contributed by atoms with E-state index >= 15 is 0 Å². The molecule has 0 radical (unpaired) electrons. The number of hydrogen-bond donors (Lipinski definition) is 3. The Balaban J connectivity index is 1.70. The van der Waals surface area contributed by atoms with Crippen molar-refractivity contribution < 1.29 is 25.0 Å². The second kappa shape index (κ2) is 7.60. The maximum Gasteiger partial charge on any atom is 0.278 e. The number of ether oxygens (including phenoxy) is 1. The van der Waals surface area contributed by atoms with Crippen LogP contribution < -0.4 is 0 Å². The molecule has 0 saturated carbocycles. The van der Waals surface area contributed by atoms with Gasteiger partial charge in [-0.05, 0) is 6.07 Å². The molecule has 4 rings (SSSR count). The highest BCUT2D eigenvalue weighted by Crippen LogP contribution is 2.32. The van der Waals surface area contributed by atoms with E-state index in [1.54, 1.807) is 18.2 Å². The van der Waals surface area contributed by atoms with E-state index in [2.05, 4.69) is 19.9 Å². The highest BCUT2D eigenvalue weighted by Gasteiger charge is 2.44. The number of nitrogens with zero attached hydrogens (tertiary/aromatic N) is 6. The zero-order valence-corrected chi connectivity index (χ0v) is 14.8. The van der Waals surface area contributed by atoms with Crippen LogP contribution in [0.15, 0.2) is 41.9 Å². The van der Waals surface area contributed by atoms with E-state index in [1.807, 2.05) is 0 Å². The number of nitro groups is 1. The Hall–Kier alpha value is -3.32. The first kappa shape index (κ1) is 19.0. The summed E-state index contributed by atoms with van der Waals surface area (Å²) in [7, 11) is 0. The highest BCUT2D eigenvalue weighted by atomic mass is 16.6. The molecule has 3 N–H and O–H groups in total. The van der Waals surface area contributed by atoms with Crippen molar-refractivity contribution >= 4 is 28.9 Å². The number of aliphatic hydroxyl groups excluding tert-OH is 3. The van der Waals surface area contributed by atoms with Gasteiger partial charge in [0.25, 0.3) is 5.69 Å². The van der Waals surface area contributed by atoms with E-state index in [9.17, 15) is 25.4 Å². The molecule has 1 saturated heterocycles. The number of para-hydroxylation sites is 1. The fourth-order valence-electron chi connectivity index (χ4n) is 3.12. The summed E-state index contributed by atoms with van der Waals surface area (Å²) in [6.07, 6.45) is -0.610. The second-order valence-electron chi connectivity index (χ2n) is 6.32. The number of imidazole rings is 1. The van der Waals surface area contributed by atoms with Crippen LogP contribution in [0.5, 0.6) is 0 Å². The lowest BCUT2D eigenvalue weighted by atomic mass is 10.1. The summed E-state index contributed by atoms with van der Waals surface area (Å²) >= 11 is 0. The molecule has 12 nitrogen and oxygen atoms in total. The Morgan fingerprint density at radius 2 is 2.03 bits per heavy atom. The first-order valence-corrected chi connectivity index (χ1v) is 8.58. The summed E-state index contributed by atoms with van der Waals surface area (Å²) in [6, 6.07) is 6.13. The van der Waals surface area contributed by atoms with Gasteiger partial charge in [0.1, 0.15) is 24.6 Å². The summed E-state index contributed by atoms with van der Waals surface area (Å²) in [5.41, 5.74) is 0.760. The number of rotatable bonds is 5. The maximum absolute atomic E-state index is 11.1. The topological polar surface area (TPSA) is 169 Å². The van der Waals surface area contributed by atoms with E-state index in [1.165, 1.54) is 29.5 Å². The summed E-state index contributed by atoms with van der Waals surface area (Å²) in [4.78, 5) is 27.2. The Bertz CT molecular complexity index is 1090. The van der Waals surface area contributed by atoms with E-state index in [0.717, 1.165) is 0 Å². The summed E-state index contributed by atoms with van der Waals surface area (Å²) in [5.74, 6) is 0.165. The van der Waals surface area contributed by atoms with Gasteiger partial charge in [-0.15, -0.1) is 0 Å². The van der Waals surface area contributed by atoms with Crippen molar-refractivity contribution in [3.05, 3.63) is 52.6 Å². The number of hydrogen-bond acceptors (Lipinski definition) is 10. The van der Waals surface area contributed by atoms with Crippen LogP contribution in [-0.2, 0) is 4.74 Å². The van der Waals surface area contributed by atoms with Crippen LogP contribution in [0, 0.1) is 10.1 Å². The predicted octanol–water partition coefficient (Wildman–Crippen LogP) is 0.0966. The van der Waals surface area contributed by atoms with Gasteiger partial charge in [-0.2, -0.15) is 0 Å². The van der Waals surface area contributed by atoms with Crippen LogP contribution in [0.1, 0.15) is 11.8 Å². The molecule has 0 spiro atoms. The van der Waals surface area contributed by atoms with Gasteiger partial charge in [0, 0.05) is 12.3 Å². The molecule has 3 aromatic rings. The van der Waals surface area contributed by atoms with E-state index in [-0.39, 0.29) is 22.7 Å². The monoisotopic (exact) mass is 400 g/mol. The normalized spacial score (nSPS) is 24.5. The minimum atomic E-state index is -1.29. The van der Waals surface area contributed by atoms with Crippen molar-refractivity contribution in [2.24, 2.45) is 4.99 Å². The zero-order valence-electron chi connectivity index (χ0n) is 14.8. The maximum atomic E-state index is 11.1. The summed E-state index contributed by atoms with van der Waals surface area (Å²) in [5, 5.41) is 40.6. The lowest BCUT2D eigenvalue weighted by molar-refractivity contribution is -0.385. The molecule has 0 amide bonds. The molecule has 1 fully saturated rings. The molecule has 1 aliphatic heterocycles. The summed E-state index contributed by atoms with van der Waals surface area (Å²) in [6.45, 7) is -0.457. The molecule has 0 aliphatic carbocycles. The largest absolute Gasteiger partial charge is 0.394 e. The third-order valence-electron chi connectivity index (χ3n) is 4.59. The van der Waals surface area contributed by atoms with Crippen LogP contribution in [0.3, 0.4) is 0 Å². The first-order valence-electron chi connectivity index (χ1n) is 8.58. The molecule has 0 bridgehead atoms. The van der Waals surface area contributed by atoms with Crippen molar-refractivity contribution in [2.75, 3.05) is 6.61 Å². The quantitative estimate of drug-likeness (QED) is 0.305. The van der Waals surface area contributed by atoms with Crippen LogP contribution in [0.4, 0.5) is 11.5 Å². The standard InChI is InChI=1S/C17H16N6O6/c24-6-11-13(25)14(26)17(29-11)22-8-21-12-15(19-7-20-16(12)22)18-5-9-3-1-2-4-10(9)23(27)28/h1-5,7-8,11,13-14,17,24-26H,6H2/t11-,13-,14-,17-/m1/s1. The number of aliphatic imine (C=N–C) groups is 1. The van der Waals surface area contributed by atoms with Gasteiger partial charge in [0.15, 0.2) is 23.2 Å². The van der Waals surface area contributed by atoms with Crippen LogP contribution in [0.25, 0.3) is 11.2 Å². The Labute approximate surface area is 162 Å². The van der Waals surface area contributed by atoms with Gasteiger partial charge in [-0.3, -0.25) is 14.7 Å². The van der Waals surface area contributed by atoms with Gasteiger partial charge in [0.2, 0.25) is 0 Å². The number of nitro benzene ring substituents is 1. The second-order valence-corrected chi connectivity index (χ2v) is 6.32. The van der Waals surface area contributed by atoms with Gasteiger partial charge in [-0.1, -0.05) is 12.1 Å². The Morgan fingerprint density at radius 3 is 2.76 bits per heavy atom. The molecular weight excluding hydrogens is 384 g/mol. The minimum Gasteiger partial charge on any atom is -0.394 e. The Kier molecular flexibility index (Phi) is 4.98. The van der Waals surface area contributed by atoms with Gasteiger partial charge < -0.3 is 20.1 Å². The molecule has 29 heavy (non-hydrogen) atoms. The third kappa shape index (κ3) is 3.34. The number of benzene rings is 1. The predicted molar refractivity (Wildman–Crippen MR) is 98.7 cm³/mol. The molecule has 4 atom stereocenters. The average molecular weight is 400 g/mol. The SMILES string of the molecule is O=[N+]([O-])c1ccccc1C=Nc1ncnc2c1ncn2[C@@H]1O[C@H](CO)[C@@H](O)[C@H]1O. The van der Waals surface area contributed by atoms with Crippen molar-refractivity contribution in [3.8, 4) is 0 Å². The molecular formula is C17H16N6O6. The van der Waals surface area contributed by atoms with E-state index < -0.39 is 36.1 Å². The molecule has 0 unspecified atom stereocenters. The van der Waals surface area contributed by atoms with Crippen LogP contribution in [0.2, 0.25) is 0 Å². The molecule has 150 valence electrons. The molecule has 3 heterocycles. The molecule has 1 aromatic carbocycles. The first-order chi connectivity index (χ1) is 14.0. The average Bonchev–Trinajstić information content (AvgIpc) is 3.28. The number of fused-ring (bicyclic) bond motifs is 1. The van der Waals surface area contributed by atoms with Gasteiger partial charge in [0.05, 0.1) is 23.4 Å². The minimum absolute atomic E-state index is 0.0985. The Morgan fingerprint density at radius 1 is 1.24 bits per heavy atom. The van der Waals surface area contributed by atoms with E-state index in [0.29, 0.717) is 5.56 Å². The van der Waals surface area contributed by atoms with Crippen molar-refractivity contribution in [1.82, 2.24) is 19.5 Å². The highest BCUT2D eigenvalue weighted by molar-refractivity contribution is 5.90. The van der Waals surface area contributed by atoms with Crippen LogP contribution in [-0.4, -0.2) is 70.9 Å². The number of aromatic nitrogens is 4. The van der Waals surface area contributed by atoms with Gasteiger partial charge >= 0.3 is 0 Å². The van der Waals surface area contributed by atoms with E-state index in [4.69, 9.17) is 4.74 Å². The zero-order chi connectivity index (χ0) is 20.5. The lowest BCUT2D eigenvalue weighted by Crippen LogP contribution is -2.33. The van der Waals surface area contributed by atoms with Gasteiger partial charge in [-0.25, -0.2) is 19.9 Å². The molecule has 2 aromatic heterocycles. The van der Waals surface area contributed by atoms with Crippen molar-refractivity contribution in [2.45, 2.75) is 24.5 Å².